The third kappa shape index (κ3) is 2.69. The van der Waals surface area contributed by atoms with Crippen LogP contribution in [0.5, 0.6) is 0 Å². The molecule has 1 N–H and O–H groups in total. The summed E-state index contributed by atoms with van der Waals surface area (Å²) < 4.78 is 10.3. The Morgan fingerprint density at radius 1 is 1.00 bits per heavy atom. The third-order valence-corrected chi connectivity index (χ3v) is 4.03. The van der Waals surface area contributed by atoms with Crippen molar-refractivity contribution in [1.82, 2.24) is 10.3 Å². The lowest BCUT2D eigenvalue weighted by Crippen LogP contribution is -2.36. The van der Waals surface area contributed by atoms with E-state index in [9.17, 15) is 4.79 Å². The standard InChI is InChI=1S/C17H16N4O3/c22-17(12-4-2-1-3-5-12)18-13-6-7-14(16-15(13)19-24-20-16)21-8-10-23-11-9-21/h1-7H,8-11H2,(H,18,22). The van der Waals surface area contributed by atoms with Crippen molar-refractivity contribution in [2.24, 2.45) is 0 Å². The maximum atomic E-state index is 12.3. The number of hydrogen-bond donors (Lipinski definition) is 1. The second-order valence-electron chi connectivity index (χ2n) is 5.51. The number of ether oxygens (including phenoxy) is 1. The summed E-state index contributed by atoms with van der Waals surface area (Å²) in [6.45, 7) is 2.94. The van der Waals surface area contributed by atoms with E-state index < -0.39 is 0 Å². The van der Waals surface area contributed by atoms with Gasteiger partial charge in [-0.1, -0.05) is 18.2 Å². The smallest absolute Gasteiger partial charge is 0.255 e. The van der Waals surface area contributed by atoms with Crippen LogP contribution in [0.4, 0.5) is 11.4 Å². The molecule has 1 aromatic heterocycles. The van der Waals surface area contributed by atoms with E-state index in [1.807, 2.05) is 30.3 Å². The number of amides is 1. The highest BCUT2D eigenvalue weighted by molar-refractivity contribution is 6.09. The van der Waals surface area contributed by atoms with Crippen LogP contribution in [0.15, 0.2) is 47.1 Å². The Morgan fingerprint density at radius 2 is 1.75 bits per heavy atom. The zero-order valence-electron chi connectivity index (χ0n) is 12.9. The number of aromatic nitrogens is 2. The Labute approximate surface area is 138 Å². The fourth-order valence-corrected chi connectivity index (χ4v) is 2.80. The fraction of sp³-hybridized carbons (Fsp3) is 0.235. The Bertz CT molecular complexity index is 857. The Morgan fingerprint density at radius 3 is 2.54 bits per heavy atom. The molecule has 24 heavy (non-hydrogen) atoms. The highest BCUT2D eigenvalue weighted by atomic mass is 16.6. The lowest BCUT2D eigenvalue weighted by molar-refractivity contribution is 0.102. The fourth-order valence-electron chi connectivity index (χ4n) is 2.80. The van der Waals surface area contributed by atoms with Crippen molar-refractivity contribution in [2.45, 2.75) is 0 Å². The predicted octanol–water partition coefficient (Wildman–Crippen LogP) is 2.31. The number of nitrogens with zero attached hydrogens (tertiary/aromatic N) is 3. The number of carbonyl (C=O) groups is 1. The van der Waals surface area contributed by atoms with Gasteiger partial charge in [0, 0.05) is 18.7 Å². The lowest BCUT2D eigenvalue weighted by Gasteiger charge is -2.28. The van der Waals surface area contributed by atoms with E-state index in [1.165, 1.54) is 0 Å². The summed E-state index contributed by atoms with van der Waals surface area (Å²) in [6.07, 6.45) is 0. The summed E-state index contributed by atoms with van der Waals surface area (Å²) in [5.41, 5.74) is 3.29. The number of fused-ring (bicyclic) bond motifs is 1. The quantitative estimate of drug-likeness (QED) is 0.796. The summed E-state index contributed by atoms with van der Waals surface area (Å²) in [5.74, 6) is -0.195. The minimum Gasteiger partial charge on any atom is -0.378 e. The molecule has 4 rings (SSSR count). The van der Waals surface area contributed by atoms with Gasteiger partial charge in [-0.05, 0) is 34.6 Å². The molecule has 7 heteroatoms. The van der Waals surface area contributed by atoms with E-state index in [0.717, 1.165) is 18.8 Å². The van der Waals surface area contributed by atoms with Gasteiger partial charge in [-0.2, -0.15) is 0 Å². The molecule has 1 fully saturated rings. The van der Waals surface area contributed by atoms with Crippen LogP contribution in [0.25, 0.3) is 11.0 Å². The van der Waals surface area contributed by atoms with Crippen LogP contribution < -0.4 is 10.2 Å². The first-order chi connectivity index (χ1) is 11.8. The van der Waals surface area contributed by atoms with E-state index in [1.54, 1.807) is 12.1 Å². The van der Waals surface area contributed by atoms with Crippen molar-refractivity contribution in [3.63, 3.8) is 0 Å². The maximum Gasteiger partial charge on any atom is 0.255 e. The average Bonchev–Trinajstić information content (AvgIpc) is 3.13. The Hall–Kier alpha value is -2.93. The summed E-state index contributed by atoms with van der Waals surface area (Å²) in [4.78, 5) is 14.5. The molecule has 1 aliphatic heterocycles. The number of anilines is 2. The van der Waals surface area contributed by atoms with E-state index in [-0.39, 0.29) is 5.91 Å². The first-order valence-electron chi connectivity index (χ1n) is 7.77. The summed E-state index contributed by atoms with van der Waals surface area (Å²) >= 11 is 0. The van der Waals surface area contributed by atoms with Gasteiger partial charge in [-0.3, -0.25) is 4.79 Å². The van der Waals surface area contributed by atoms with Crippen molar-refractivity contribution < 1.29 is 14.2 Å². The summed E-state index contributed by atoms with van der Waals surface area (Å²) in [5, 5.41) is 10.8. The molecule has 0 radical (unpaired) electrons. The third-order valence-electron chi connectivity index (χ3n) is 4.03. The molecular formula is C17H16N4O3. The van der Waals surface area contributed by atoms with Gasteiger partial charge in [0.25, 0.3) is 5.91 Å². The van der Waals surface area contributed by atoms with Gasteiger partial charge in [-0.25, -0.2) is 4.63 Å². The molecule has 1 amide bonds. The largest absolute Gasteiger partial charge is 0.378 e. The second kappa shape index (κ2) is 6.29. The summed E-state index contributed by atoms with van der Waals surface area (Å²) in [7, 11) is 0. The highest BCUT2D eigenvalue weighted by Gasteiger charge is 2.19. The molecule has 122 valence electrons. The van der Waals surface area contributed by atoms with Gasteiger partial charge in [0.1, 0.15) is 0 Å². The molecule has 0 atom stereocenters. The molecule has 7 nitrogen and oxygen atoms in total. The molecule has 0 unspecified atom stereocenters. The van der Waals surface area contributed by atoms with E-state index in [2.05, 4.69) is 20.5 Å². The molecule has 3 aromatic rings. The molecule has 0 saturated carbocycles. The van der Waals surface area contributed by atoms with Crippen LogP contribution in [-0.4, -0.2) is 42.5 Å². The van der Waals surface area contributed by atoms with Crippen molar-refractivity contribution in [1.29, 1.82) is 0 Å². The van der Waals surface area contributed by atoms with Crippen LogP contribution >= 0.6 is 0 Å². The van der Waals surface area contributed by atoms with Gasteiger partial charge in [-0.15, -0.1) is 0 Å². The van der Waals surface area contributed by atoms with Gasteiger partial charge >= 0.3 is 0 Å². The van der Waals surface area contributed by atoms with Gasteiger partial charge in [0.05, 0.1) is 24.6 Å². The SMILES string of the molecule is O=C(Nc1ccc(N2CCOCC2)c2nonc12)c1ccccc1. The van der Waals surface area contributed by atoms with E-state index in [0.29, 0.717) is 35.5 Å². The summed E-state index contributed by atoms with van der Waals surface area (Å²) in [6, 6.07) is 12.8. The minimum atomic E-state index is -0.195. The second-order valence-corrected chi connectivity index (χ2v) is 5.51. The first kappa shape index (κ1) is 14.6. The van der Waals surface area contributed by atoms with E-state index >= 15 is 0 Å². The molecule has 1 aliphatic rings. The van der Waals surface area contributed by atoms with Crippen LogP contribution in [-0.2, 0) is 4.74 Å². The highest BCUT2D eigenvalue weighted by Crippen LogP contribution is 2.30. The van der Waals surface area contributed by atoms with Gasteiger partial charge in [0.2, 0.25) is 0 Å². The van der Waals surface area contributed by atoms with Gasteiger partial charge < -0.3 is 15.0 Å². The molecule has 2 heterocycles. The molecule has 1 saturated heterocycles. The molecule has 0 bridgehead atoms. The monoisotopic (exact) mass is 324 g/mol. The number of nitrogens with one attached hydrogen (secondary N) is 1. The molecule has 2 aromatic carbocycles. The maximum absolute atomic E-state index is 12.3. The van der Waals surface area contributed by atoms with Crippen molar-refractivity contribution in [3.05, 3.63) is 48.0 Å². The van der Waals surface area contributed by atoms with Crippen molar-refractivity contribution in [3.8, 4) is 0 Å². The van der Waals surface area contributed by atoms with Crippen molar-refractivity contribution in [2.75, 3.05) is 36.5 Å². The zero-order valence-corrected chi connectivity index (χ0v) is 12.9. The normalized spacial score (nSPS) is 14.8. The number of benzene rings is 2. The Balaban J connectivity index is 1.65. The Kier molecular flexibility index (Phi) is 3.84. The van der Waals surface area contributed by atoms with E-state index in [4.69, 9.17) is 9.37 Å². The number of hydrogen-bond acceptors (Lipinski definition) is 6. The zero-order chi connectivity index (χ0) is 16.4. The predicted molar refractivity (Wildman–Crippen MR) is 89.2 cm³/mol. The first-order valence-corrected chi connectivity index (χ1v) is 7.77. The van der Waals surface area contributed by atoms with Gasteiger partial charge in [0.15, 0.2) is 11.0 Å². The number of morpholine rings is 1. The number of rotatable bonds is 3. The van der Waals surface area contributed by atoms with Crippen LogP contribution in [0, 0.1) is 0 Å². The minimum absolute atomic E-state index is 0.195. The lowest BCUT2D eigenvalue weighted by atomic mass is 10.1. The molecule has 0 spiro atoms. The van der Waals surface area contributed by atoms with Crippen LogP contribution in [0.3, 0.4) is 0 Å². The van der Waals surface area contributed by atoms with Crippen molar-refractivity contribution >= 4 is 28.3 Å². The van der Waals surface area contributed by atoms with Crippen LogP contribution in [0.2, 0.25) is 0 Å². The number of carbonyl (C=O) groups excluding carboxylic acids is 1. The molecular weight excluding hydrogens is 308 g/mol. The topological polar surface area (TPSA) is 80.5 Å². The van der Waals surface area contributed by atoms with Crippen LogP contribution in [0.1, 0.15) is 10.4 Å². The average molecular weight is 324 g/mol. The molecule has 0 aliphatic carbocycles.